The summed E-state index contributed by atoms with van der Waals surface area (Å²) >= 11 is 2.01. The third-order valence-corrected chi connectivity index (χ3v) is 17.0. The summed E-state index contributed by atoms with van der Waals surface area (Å²) in [6.07, 6.45) is 4.94. The topological polar surface area (TPSA) is 6.48 Å². The first-order valence-corrected chi connectivity index (χ1v) is 22.6. The molecule has 2 nitrogen and oxygen atoms in total. The van der Waals surface area contributed by atoms with Gasteiger partial charge in [0.15, 0.2) is 0 Å². The van der Waals surface area contributed by atoms with Gasteiger partial charge in [0.2, 0.25) is 0 Å². The van der Waals surface area contributed by atoms with Gasteiger partial charge in [-0.15, -0.1) is 11.3 Å². The maximum absolute atomic E-state index is 2.94. The van der Waals surface area contributed by atoms with Crippen molar-refractivity contribution in [1.82, 2.24) is 0 Å². The molecule has 1 fully saturated rings. The van der Waals surface area contributed by atoms with E-state index >= 15 is 0 Å². The van der Waals surface area contributed by atoms with E-state index in [1.54, 1.807) is 5.56 Å². The van der Waals surface area contributed by atoms with Gasteiger partial charge in [0.25, 0.3) is 0 Å². The van der Waals surface area contributed by atoms with Crippen LogP contribution in [0, 0.1) is 0 Å². The fourth-order valence-electron chi connectivity index (χ4n) is 12.9. The monoisotopic (exact) mass is 778 g/mol. The molecule has 0 spiro atoms. The third-order valence-electron chi connectivity index (χ3n) is 15.8. The summed E-state index contributed by atoms with van der Waals surface area (Å²) in [4.78, 5) is 5.76. The molecule has 0 radical (unpaired) electrons. The maximum atomic E-state index is 2.94. The summed E-state index contributed by atoms with van der Waals surface area (Å²) in [6.45, 7) is 12.5. The van der Waals surface area contributed by atoms with E-state index in [-0.39, 0.29) is 23.2 Å². The minimum Gasteiger partial charge on any atom is -0.376 e. The molecule has 1 aromatic heterocycles. The molecule has 1 aliphatic carbocycles. The van der Waals surface area contributed by atoms with Gasteiger partial charge >= 0.3 is 6.85 Å². The number of nitrogens with zero attached hydrogens (tertiary/aromatic N) is 2. The Labute approximate surface area is 352 Å². The zero-order valence-corrected chi connectivity index (χ0v) is 35.4. The van der Waals surface area contributed by atoms with Gasteiger partial charge in [0, 0.05) is 43.5 Å². The number of rotatable bonds is 2. The van der Waals surface area contributed by atoms with Crippen LogP contribution in [0.2, 0.25) is 0 Å². The standard InChI is InChI=1S/C55H47BN2S/c1-52(2,3)36-31-43-49-44(32-36)56-47-39(33-40-37-23-12-15-28-46(37)59-51(40)50(47)57(49)54(5)30-17-16-29-53(43,54)4)38-24-18-26-42-48(38)58(56)45-27-14-13-25-41(45)55(42,34-19-8-6-9-20-34)35-21-10-7-11-22-35/h6-15,18-28,31-33H,16-17,29-30H2,1-5H3. The lowest BCUT2D eigenvalue weighted by molar-refractivity contribution is 0.195. The fraction of sp³-hybridized carbons (Fsp3) is 0.236. The maximum Gasteiger partial charge on any atom is 0.333 e. The molecule has 0 bridgehead atoms. The Balaban J connectivity index is 1.25. The van der Waals surface area contributed by atoms with E-state index < -0.39 is 5.41 Å². The minimum absolute atomic E-state index is 0.00591. The van der Waals surface area contributed by atoms with Crippen LogP contribution in [0.4, 0.5) is 22.7 Å². The lowest BCUT2D eigenvalue weighted by Crippen LogP contribution is -2.65. The molecule has 0 amide bonds. The highest BCUT2D eigenvalue weighted by Crippen LogP contribution is 2.66. The zero-order chi connectivity index (χ0) is 39.6. The van der Waals surface area contributed by atoms with Gasteiger partial charge in [-0.1, -0.05) is 168 Å². The molecule has 7 aromatic carbocycles. The van der Waals surface area contributed by atoms with Crippen molar-refractivity contribution >= 4 is 72.0 Å². The van der Waals surface area contributed by atoms with Crippen molar-refractivity contribution in [3.8, 4) is 11.1 Å². The van der Waals surface area contributed by atoms with Crippen molar-refractivity contribution < 1.29 is 0 Å². The van der Waals surface area contributed by atoms with Gasteiger partial charge < -0.3 is 9.71 Å². The van der Waals surface area contributed by atoms with Crippen molar-refractivity contribution in [3.63, 3.8) is 0 Å². The van der Waals surface area contributed by atoms with Crippen LogP contribution in [-0.4, -0.2) is 12.4 Å². The van der Waals surface area contributed by atoms with E-state index in [0.29, 0.717) is 0 Å². The average Bonchev–Trinajstić information content (AvgIpc) is 3.73. The largest absolute Gasteiger partial charge is 0.376 e. The lowest BCUT2D eigenvalue weighted by Gasteiger charge is -2.55. The van der Waals surface area contributed by atoms with Crippen LogP contribution in [0.3, 0.4) is 0 Å². The van der Waals surface area contributed by atoms with Gasteiger partial charge in [0.05, 0.1) is 21.3 Å². The quantitative estimate of drug-likeness (QED) is 0.161. The highest BCUT2D eigenvalue weighted by Gasteiger charge is 2.63. The number of fused-ring (bicyclic) bond motifs is 13. The van der Waals surface area contributed by atoms with Crippen LogP contribution in [0.25, 0.3) is 31.3 Å². The van der Waals surface area contributed by atoms with Crippen LogP contribution in [0.5, 0.6) is 0 Å². The molecule has 2 atom stereocenters. The highest BCUT2D eigenvalue weighted by atomic mass is 32.1. The van der Waals surface area contributed by atoms with Crippen LogP contribution in [0.15, 0.2) is 146 Å². The second-order valence-corrected chi connectivity index (χ2v) is 20.5. The normalized spacial score (nSPS) is 21.5. The Hall–Kier alpha value is -5.58. The predicted octanol–water partition coefficient (Wildman–Crippen LogP) is 13.0. The lowest BCUT2D eigenvalue weighted by atomic mass is 9.41. The smallest absolute Gasteiger partial charge is 0.333 e. The Bertz CT molecular complexity index is 3060. The summed E-state index contributed by atoms with van der Waals surface area (Å²) in [6, 6.07) is 56.4. The first-order chi connectivity index (χ1) is 28.7. The van der Waals surface area contributed by atoms with Crippen LogP contribution >= 0.6 is 11.3 Å². The summed E-state index contributed by atoms with van der Waals surface area (Å²) in [5, 5.41) is 2.76. The van der Waals surface area contributed by atoms with Gasteiger partial charge in [-0.3, -0.25) is 0 Å². The van der Waals surface area contributed by atoms with Crippen LogP contribution in [-0.2, 0) is 16.2 Å². The van der Waals surface area contributed by atoms with E-state index in [9.17, 15) is 0 Å². The Morgan fingerprint density at radius 2 is 1.27 bits per heavy atom. The molecular formula is C55H47BN2S. The first-order valence-electron chi connectivity index (χ1n) is 21.8. The SMILES string of the molecule is CC(C)(C)c1cc2c3c(c1)C1(C)CCCCC1(C)N3c1c3c(cc4c1sc1ccccc14)-c1cccc4c1N(B23)c1ccccc1C4(c1ccccc1)c1ccccc1. The van der Waals surface area contributed by atoms with Crippen molar-refractivity contribution in [1.29, 1.82) is 0 Å². The fourth-order valence-corrected chi connectivity index (χ4v) is 14.1. The van der Waals surface area contributed by atoms with Gasteiger partial charge in [0.1, 0.15) is 0 Å². The molecule has 59 heavy (non-hydrogen) atoms. The molecule has 1 saturated carbocycles. The van der Waals surface area contributed by atoms with E-state index in [2.05, 4.69) is 190 Å². The Kier molecular flexibility index (Phi) is 6.61. The second-order valence-electron chi connectivity index (χ2n) is 19.5. The Morgan fingerprint density at radius 1 is 0.593 bits per heavy atom. The predicted molar refractivity (Wildman–Crippen MR) is 252 cm³/mol. The summed E-state index contributed by atoms with van der Waals surface area (Å²) in [7, 11) is 0. The van der Waals surface area contributed by atoms with Crippen molar-refractivity contribution in [2.75, 3.05) is 9.71 Å². The number of hydrogen-bond donors (Lipinski definition) is 0. The molecule has 2 unspecified atom stereocenters. The number of thiophene rings is 1. The molecule has 5 heterocycles. The van der Waals surface area contributed by atoms with Gasteiger partial charge in [-0.2, -0.15) is 0 Å². The van der Waals surface area contributed by atoms with E-state index in [1.165, 1.54) is 118 Å². The summed E-state index contributed by atoms with van der Waals surface area (Å²) in [5.41, 5.74) is 19.0. The van der Waals surface area contributed by atoms with Crippen molar-refractivity contribution in [2.45, 2.75) is 82.1 Å². The average molecular weight is 779 g/mol. The molecular weight excluding hydrogens is 731 g/mol. The molecule has 4 aliphatic heterocycles. The molecule has 8 aromatic rings. The molecule has 0 saturated heterocycles. The van der Waals surface area contributed by atoms with Gasteiger partial charge in [-0.05, 0) is 93.2 Å². The zero-order valence-electron chi connectivity index (χ0n) is 34.6. The molecule has 0 N–H and O–H groups in total. The minimum atomic E-state index is -0.522. The number of benzene rings is 7. The van der Waals surface area contributed by atoms with E-state index in [1.807, 2.05) is 11.3 Å². The molecule has 286 valence electrons. The van der Waals surface area contributed by atoms with E-state index in [0.717, 1.165) is 0 Å². The number of para-hydroxylation sites is 2. The van der Waals surface area contributed by atoms with Crippen molar-refractivity contribution in [3.05, 3.63) is 179 Å². The van der Waals surface area contributed by atoms with E-state index in [4.69, 9.17) is 0 Å². The van der Waals surface area contributed by atoms with Crippen molar-refractivity contribution in [2.24, 2.45) is 0 Å². The number of anilines is 4. The second kappa shape index (κ2) is 11.4. The third kappa shape index (κ3) is 4.01. The molecule has 5 aliphatic rings. The summed E-state index contributed by atoms with van der Waals surface area (Å²) < 4.78 is 2.81. The molecule has 4 heteroatoms. The summed E-state index contributed by atoms with van der Waals surface area (Å²) in [5.74, 6) is 0. The van der Waals surface area contributed by atoms with Crippen LogP contribution < -0.4 is 20.6 Å². The first kappa shape index (κ1) is 34.3. The highest BCUT2D eigenvalue weighted by molar-refractivity contribution is 7.26. The van der Waals surface area contributed by atoms with Crippen LogP contribution in [0.1, 0.15) is 93.7 Å². The Morgan fingerprint density at radius 3 is 2.03 bits per heavy atom. The molecule has 13 rings (SSSR count). The number of hydrogen-bond acceptors (Lipinski definition) is 3. The van der Waals surface area contributed by atoms with Gasteiger partial charge in [-0.25, -0.2) is 0 Å².